The van der Waals surface area contributed by atoms with Gasteiger partial charge in [-0.2, -0.15) is 13.2 Å². The summed E-state index contributed by atoms with van der Waals surface area (Å²) in [6.07, 6.45) is 3.73. The molecule has 2 saturated carbocycles. The molecule has 0 bridgehead atoms. The van der Waals surface area contributed by atoms with Crippen LogP contribution in [0.2, 0.25) is 0 Å². The normalized spacial score (nSPS) is 26.8. The second kappa shape index (κ2) is 9.13. The number of ether oxygens (including phenoxy) is 1. The minimum atomic E-state index is -4.56. The van der Waals surface area contributed by atoms with Crippen molar-refractivity contribution >= 4 is 11.6 Å². The molecule has 1 N–H and O–H groups in total. The number of rotatable bonds is 6. The molecule has 41 heavy (non-hydrogen) atoms. The highest BCUT2D eigenvalue weighted by Crippen LogP contribution is 2.59. The van der Waals surface area contributed by atoms with Gasteiger partial charge in [0.05, 0.1) is 23.1 Å². The summed E-state index contributed by atoms with van der Waals surface area (Å²) in [5, 5.41) is 12.0. The zero-order valence-electron chi connectivity index (χ0n) is 23.4. The van der Waals surface area contributed by atoms with Crippen LogP contribution in [0.25, 0.3) is 0 Å². The van der Waals surface area contributed by atoms with E-state index in [-0.39, 0.29) is 28.8 Å². The summed E-state index contributed by atoms with van der Waals surface area (Å²) in [6.45, 7) is 3.00. The number of halogens is 3. The van der Waals surface area contributed by atoms with Crippen LogP contribution < -0.4 is 10.2 Å². The predicted molar refractivity (Wildman–Crippen MR) is 146 cm³/mol. The van der Waals surface area contributed by atoms with Gasteiger partial charge in [-0.25, -0.2) is 0 Å². The molecule has 1 saturated heterocycles. The lowest BCUT2D eigenvalue weighted by molar-refractivity contribution is -0.138. The molecule has 1 amide bonds. The summed E-state index contributed by atoms with van der Waals surface area (Å²) < 4.78 is 50.9. The van der Waals surface area contributed by atoms with Crippen molar-refractivity contribution in [3.63, 3.8) is 0 Å². The van der Waals surface area contributed by atoms with E-state index in [1.165, 1.54) is 11.0 Å². The number of nitrogens with one attached hydrogen (secondary N) is 1. The molecule has 3 fully saturated rings. The minimum absolute atomic E-state index is 0.0384. The highest BCUT2D eigenvalue weighted by molar-refractivity contribution is 6.10. The summed E-state index contributed by atoms with van der Waals surface area (Å²) in [5.41, 5.74) is 0.759. The smallest absolute Gasteiger partial charge is 0.375 e. The Bertz CT molecular complexity index is 1510. The zero-order valence-corrected chi connectivity index (χ0v) is 23.4. The zero-order chi connectivity index (χ0) is 28.6. The van der Waals surface area contributed by atoms with Gasteiger partial charge in [0.2, 0.25) is 0 Å². The van der Waals surface area contributed by atoms with E-state index in [0.29, 0.717) is 17.8 Å². The summed E-state index contributed by atoms with van der Waals surface area (Å²) in [5.74, 6) is 0.416. The van der Waals surface area contributed by atoms with Crippen molar-refractivity contribution in [1.29, 1.82) is 0 Å². The molecule has 2 aromatic carbocycles. The largest absolute Gasteiger partial charge is 0.416 e. The molecular formula is C31H34F3N5O2. The van der Waals surface area contributed by atoms with Crippen LogP contribution in [0, 0.1) is 0 Å². The fraction of sp³-hybridized carbons (Fsp3) is 0.516. The molecule has 0 radical (unpaired) electrons. The van der Waals surface area contributed by atoms with Crippen LogP contribution in [0.5, 0.6) is 0 Å². The monoisotopic (exact) mass is 565 g/mol. The SMILES string of the molecule is Cn1cnnc1[C@]1(c2cccc(N3Cc4c(cc(CNC5(C)CCC5)cc4C(F)(F)F)C3=O)c2)C[C@]2(CCCO2)C1. The van der Waals surface area contributed by atoms with Gasteiger partial charge in [0, 0.05) is 37.0 Å². The number of aryl methyl sites for hydroxylation is 1. The van der Waals surface area contributed by atoms with Crippen molar-refractivity contribution < 1.29 is 22.7 Å². The maximum absolute atomic E-state index is 14.3. The van der Waals surface area contributed by atoms with E-state index in [2.05, 4.69) is 22.4 Å². The molecular weight excluding hydrogens is 531 g/mol. The highest BCUT2D eigenvalue weighted by Gasteiger charge is 2.60. The number of hydrogen-bond acceptors (Lipinski definition) is 5. The Hall–Kier alpha value is -3.24. The molecule has 7 rings (SSSR count). The second-order valence-corrected chi connectivity index (χ2v) is 12.7. The van der Waals surface area contributed by atoms with Gasteiger partial charge in [-0.05, 0) is 92.8 Å². The maximum Gasteiger partial charge on any atom is 0.416 e. The van der Waals surface area contributed by atoms with E-state index in [1.54, 1.807) is 18.5 Å². The average Bonchev–Trinajstić information content (AvgIpc) is 3.64. The molecule has 0 atom stereocenters. The average molecular weight is 566 g/mol. The quantitative estimate of drug-likeness (QED) is 0.418. The van der Waals surface area contributed by atoms with Gasteiger partial charge in [-0.1, -0.05) is 12.1 Å². The van der Waals surface area contributed by atoms with Crippen LogP contribution in [0.1, 0.15) is 90.3 Å². The van der Waals surface area contributed by atoms with Crippen molar-refractivity contribution in [3.05, 3.63) is 76.4 Å². The fourth-order valence-corrected chi connectivity index (χ4v) is 7.49. The van der Waals surface area contributed by atoms with Crippen LogP contribution in [-0.2, 0) is 36.5 Å². The Kier molecular flexibility index (Phi) is 5.93. The molecule has 2 aliphatic carbocycles. The Balaban J connectivity index is 1.22. The topological polar surface area (TPSA) is 72.3 Å². The van der Waals surface area contributed by atoms with E-state index < -0.39 is 23.1 Å². The summed E-state index contributed by atoms with van der Waals surface area (Å²) in [6, 6.07) is 10.5. The number of benzene rings is 2. The first kappa shape index (κ1) is 26.6. The lowest BCUT2D eigenvalue weighted by atomic mass is 9.54. The Labute approximate surface area is 237 Å². The third kappa shape index (κ3) is 4.29. The van der Waals surface area contributed by atoms with Gasteiger partial charge in [-0.3, -0.25) is 4.79 Å². The molecule has 10 heteroatoms. The number of hydrogen-bond donors (Lipinski definition) is 1. The molecule has 3 aromatic rings. The third-order valence-corrected chi connectivity index (χ3v) is 9.87. The lowest BCUT2D eigenvalue weighted by Crippen LogP contribution is -2.56. The molecule has 0 unspecified atom stereocenters. The third-order valence-electron chi connectivity index (χ3n) is 9.87. The first-order chi connectivity index (χ1) is 19.5. The maximum atomic E-state index is 14.3. The van der Waals surface area contributed by atoms with Gasteiger partial charge in [0.25, 0.3) is 5.91 Å². The minimum Gasteiger partial charge on any atom is -0.375 e. The Morgan fingerprint density at radius 2 is 1.90 bits per heavy atom. The van der Waals surface area contributed by atoms with Crippen LogP contribution >= 0.6 is 0 Å². The molecule has 7 nitrogen and oxygen atoms in total. The first-order valence-electron chi connectivity index (χ1n) is 14.4. The fourth-order valence-electron chi connectivity index (χ4n) is 7.49. The van der Waals surface area contributed by atoms with Gasteiger partial charge < -0.3 is 19.5 Å². The van der Waals surface area contributed by atoms with Gasteiger partial charge in [-0.15, -0.1) is 10.2 Å². The van der Waals surface area contributed by atoms with Crippen molar-refractivity contribution in [2.45, 2.75) is 87.7 Å². The molecule has 2 aliphatic heterocycles. The standard InChI is InChI=1S/C31H34F3N5O2/c1-28(8-4-9-28)35-15-20-12-23-24(25(13-20)31(32,33)34)16-39(26(23)40)22-7-3-6-21(14-22)30(27-37-36-19-38(27)2)17-29(18-30)10-5-11-41-29/h3,6-7,12-14,19,35H,4-5,8-11,15-18H2,1-2H3/t29-,30-. The summed E-state index contributed by atoms with van der Waals surface area (Å²) >= 11 is 0. The second-order valence-electron chi connectivity index (χ2n) is 12.7. The van der Waals surface area contributed by atoms with Gasteiger partial charge in [0.1, 0.15) is 12.2 Å². The first-order valence-corrected chi connectivity index (χ1v) is 14.4. The number of carbonyl (C=O) groups excluding carboxylic acids is 1. The summed E-state index contributed by atoms with van der Waals surface area (Å²) in [7, 11) is 1.92. The summed E-state index contributed by atoms with van der Waals surface area (Å²) in [4.78, 5) is 15.2. The molecule has 3 heterocycles. The number of alkyl halides is 3. The van der Waals surface area contributed by atoms with Crippen LogP contribution in [0.15, 0.2) is 42.7 Å². The van der Waals surface area contributed by atoms with Crippen molar-refractivity contribution in [2.24, 2.45) is 7.05 Å². The van der Waals surface area contributed by atoms with E-state index in [1.807, 2.05) is 29.8 Å². The van der Waals surface area contributed by atoms with E-state index in [0.717, 1.165) is 62.9 Å². The van der Waals surface area contributed by atoms with Gasteiger partial charge in [0.15, 0.2) is 0 Å². The number of fused-ring (bicyclic) bond motifs is 1. The van der Waals surface area contributed by atoms with Crippen molar-refractivity contribution in [1.82, 2.24) is 20.1 Å². The molecule has 216 valence electrons. The van der Waals surface area contributed by atoms with Crippen LogP contribution in [-0.4, -0.2) is 38.4 Å². The highest BCUT2D eigenvalue weighted by atomic mass is 19.4. The Morgan fingerprint density at radius 3 is 2.54 bits per heavy atom. The Morgan fingerprint density at radius 1 is 1.10 bits per heavy atom. The molecule has 4 aliphatic rings. The van der Waals surface area contributed by atoms with Gasteiger partial charge >= 0.3 is 6.18 Å². The van der Waals surface area contributed by atoms with Crippen LogP contribution in [0.4, 0.5) is 18.9 Å². The number of aromatic nitrogens is 3. The predicted octanol–water partition coefficient (Wildman–Crippen LogP) is 5.66. The van der Waals surface area contributed by atoms with Crippen molar-refractivity contribution in [3.8, 4) is 0 Å². The number of amides is 1. The number of nitrogens with zero attached hydrogens (tertiary/aromatic N) is 4. The molecule has 1 aromatic heterocycles. The van der Waals surface area contributed by atoms with E-state index in [9.17, 15) is 18.0 Å². The van der Waals surface area contributed by atoms with E-state index in [4.69, 9.17) is 4.74 Å². The van der Waals surface area contributed by atoms with Crippen molar-refractivity contribution in [2.75, 3.05) is 11.5 Å². The number of carbonyl (C=O) groups is 1. The van der Waals surface area contributed by atoms with Crippen LogP contribution in [0.3, 0.4) is 0 Å². The van der Waals surface area contributed by atoms with E-state index >= 15 is 0 Å². The molecule has 1 spiro atoms. The number of anilines is 1. The lowest BCUT2D eigenvalue weighted by Gasteiger charge is -2.53.